The molecule has 0 radical (unpaired) electrons. The maximum Gasteiger partial charge on any atom is 0.270 e. The number of likely N-dealkylation sites (tertiary alicyclic amines) is 1. The molecule has 1 atom stereocenters. The molecule has 0 spiro atoms. The second-order valence-electron chi connectivity index (χ2n) is 7.34. The highest BCUT2D eigenvalue weighted by Gasteiger charge is 2.30. The monoisotopic (exact) mass is 387 g/mol. The van der Waals surface area contributed by atoms with Crippen LogP contribution in [-0.4, -0.2) is 62.2 Å². The number of H-pyrrole nitrogens is 1. The van der Waals surface area contributed by atoms with Crippen LogP contribution in [0.2, 0.25) is 0 Å². The molecule has 7 nitrogen and oxygen atoms in total. The van der Waals surface area contributed by atoms with Crippen molar-refractivity contribution < 1.29 is 19.1 Å². The molecule has 0 aliphatic carbocycles. The van der Waals surface area contributed by atoms with Gasteiger partial charge < -0.3 is 24.7 Å². The average molecular weight is 387 g/mol. The minimum Gasteiger partial charge on any atom is -0.497 e. The number of rotatable bonds is 7. The van der Waals surface area contributed by atoms with E-state index in [0.29, 0.717) is 37.9 Å². The molecule has 152 valence electrons. The molecule has 1 fully saturated rings. The largest absolute Gasteiger partial charge is 0.497 e. The molecule has 1 aromatic carbocycles. The van der Waals surface area contributed by atoms with Gasteiger partial charge in [0.2, 0.25) is 5.91 Å². The van der Waals surface area contributed by atoms with Crippen LogP contribution in [0.1, 0.15) is 30.3 Å². The van der Waals surface area contributed by atoms with E-state index in [2.05, 4.69) is 10.3 Å². The van der Waals surface area contributed by atoms with Crippen LogP contribution in [0.3, 0.4) is 0 Å². The first-order valence-corrected chi connectivity index (χ1v) is 9.76. The Labute approximate surface area is 165 Å². The minimum absolute atomic E-state index is 0.00539. The predicted molar refractivity (Wildman–Crippen MR) is 108 cm³/mol. The smallest absolute Gasteiger partial charge is 0.270 e. The first-order chi connectivity index (χ1) is 13.5. The number of hydrogen-bond donors (Lipinski definition) is 2. The number of amides is 2. The number of aromatic nitrogens is 1. The standard InChI is InChI=1S/C21H29N3O4/c1-14(20(25)22-8-11-27-2)15-6-9-24(10-7-15)21(26)19-12-16-4-5-17(28-3)13-18(16)23-19/h4-5,12-15,23H,6-11H2,1-3H3,(H,22,25)/t14-/m1/s1. The van der Waals surface area contributed by atoms with E-state index in [1.165, 1.54) is 0 Å². The molecular formula is C21H29N3O4. The van der Waals surface area contributed by atoms with E-state index in [9.17, 15) is 9.59 Å². The first-order valence-electron chi connectivity index (χ1n) is 9.76. The maximum absolute atomic E-state index is 12.9. The number of carbonyl (C=O) groups is 2. The van der Waals surface area contributed by atoms with Gasteiger partial charge in [-0.1, -0.05) is 6.92 Å². The van der Waals surface area contributed by atoms with Crippen molar-refractivity contribution in [2.24, 2.45) is 11.8 Å². The maximum atomic E-state index is 12.9. The molecule has 2 aromatic rings. The van der Waals surface area contributed by atoms with Gasteiger partial charge in [0.05, 0.1) is 13.7 Å². The molecule has 1 aromatic heterocycles. The second kappa shape index (κ2) is 9.10. The zero-order chi connectivity index (χ0) is 20.1. The molecule has 28 heavy (non-hydrogen) atoms. The second-order valence-corrected chi connectivity index (χ2v) is 7.34. The number of methoxy groups -OCH3 is 2. The van der Waals surface area contributed by atoms with Crippen molar-refractivity contribution in [3.05, 3.63) is 30.0 Å². The average Bonchev–Trinajstić information content (AvgIpc) is 3.16. The number of nitrogens with one attached hydrogen (secondary N) is 2. The van der Waals surface area contributed by atoms with E-state index in [-0.39, 0.29) is 17.7 Å². The van der Waals surface area contributed by atoms with E-state index in [1.807, 2.05) is 36.1 Å². The van der Waals surface area contributed by atoms with Gasteiger partial charge in [0, 0.05) is 49.6 Å². The summed E-state index contributed by atoms with van der Waals surface area (Å²) >= 11 is 0. The third kappa shape index (κ3) is 4.47. The number of nitrogens with zero attached hydrogens (tertiary/aromatic N) is 1. The van der Waals surface area contributed by atoms with Gasteiger partial charge in [-0.05, 0) is 37.0 Å². The van der Waals surface area contributed by atoms with Crippen LogP contribution in [0, 0.1) is 11.8 Å². The minimum atomic E-state index is -0.0605. The first kappa shape index (κ1) is 20.2. The van der Waals surface area contributed by atoms with Crippen molar-refractivity contribution in [2.75, 3.05) is 40.5 Å². The van der Waals surface area contributed by atoms with Crippen LogP contribution < -0.4 is 10.1 Å². The van der Waals surface area contributed by atoms with Crippen LogP contribution in [0.5, 0.6) is 5.75 Å². The van der Waals surface area contributed by atoms with Crippen LogP contribution in [0.25, 0.3) is 10.9 Å². The number of ether oxygens (including phenoxy) is 2. The summed E-state index contributed by atoms with van der Waals surface area (Å²) in [5, 5.41) is 3.89. The lowest BCUT2D eigenvalue weighted by Gasteiger charge is -2.34. The number of piperidine rings is 1. The highest BCUT2D eigenvalue weighted by atomic mass is 16.5. The van der Waals surface area contributed by atoms with Crippen molar-refractivity contribution in [3.8, 4) is 5.75 Å². The lowest BCUT2D eigenvalue weighted by molar-refractivity contribution is -0.126. The van der Waals surface area contributed by atoms with Gasteiger partial charge in [-0.15, -0.1) is 0 Å². The Balaban J connectivity index is 1.57. The Morgan fingerprint density at radius 2 is 2.00 bits per heavy atom. The highest BCUT2D eigenvalue weighted by molar-refractivity contribution is 5.98. The molecule has 2 heterocycles. The molecule has 0 bridgehead atoms. The normalized spacial score (nSPS) is 16.2. The van der Waals surface area contributed by atoms with Gasteiger partial charge in [0.15, 0.2) is 0 Å². The number of fused-ring (bicyclic) bond motifs is 1. The van der Waals surface area contributed by atoms with E-state index >= 15 is 0 Å². The number of carbonyl (C=O) groups excluding carboxylic acids is 2. The summed E-state index contributed by atoms with van der Waals surface area (Å²) < 4.78 is 10.2. The molecule has 1 aliphatic rings. The Bertz CT molecular complexity index is 824. The summed E-state index contributed by atoms with van der Waals surface area (Å²) in [5.74, 6) is 1.05. The Kier molecular flexibility index (Phi) is 6.57. The molecule has 0 unspecified atom stereocenters. The van der Waals surface area contributed by atoms with Crippen molar-refractivity contribution in [1.29, 1.82) is 0 Å². The molecule has 7 heteroatoms. The van der Waals surface area contributed by atoms with E-state index < -0.39 is 0 Å². The quantitative estimate of drug-likeness (QED) is 0.715. The number of benzene rings is 1. The summed E-state index contributed by atoms with van der Waals surface area (Å²) in [6.45, 7) is 4.34. The third-order valence-corrected chi connectivity index (χ3v) is 5.61. The lowest BCUT2D eigenvalue weighted by atomic mass is 9.85. The van der Waals surface area contributed by atoms with E-state index in [1.54, 1.807) is 14.2 Å². The molecule has 1 aliphatic heterocycles. The van der Waals surface area contributed by atoms with Crippen LogP contribution in [0.4, 0.5) is 0 Å². The molecule has 1 saturated heterocycles. The third-order valence-electron chi connectivity index (χ3n) is 5.61. The fourth-order valence-electron chi connectivity index (χ4n) is 3.77. The molecule has 3 rings (SSSR count). The fraction of sp³-hybridized carbons (Fsp3) is 0.524. The van der Waals surface area contributed by atoms with Crippen LogP contribution in [-0.2, 0) is 9.53 Å². The van der Waals surface area contributed by atoms with E-state index in [4.69, 9.17) is 9.47 Å². The number of hydrogen-bond acceptors (Lipinski definition) is 4. The van der Waals surface area contributed by atoms with Crippen molar-refractivity contribution >= 4 is 22.7 Å². The van der Waals surface area contributed by atoms with Gasteiger partial charge in [-0.3, -0.25) is 9.59 Å². The Hall–Kier alpha value is -2.54. The zero-order valence-electron chi connectivity index (χ0n) is 16.8. The molecule has 2 N–H and O–H groups in total. The SMILES string of the molecule is COCCNC(=O)[C@H](C)C1CCN(C(=O)c2cc3ccc(OC)cc3[nH]2)CC1. The predicted octanol–water partition coefficient (Wildman–Crippen LogP) is 2.43. The van der Waals surface area contributed by atoms with Crippen molar-refractivity contribution in [1.82, 2.24) is 15.2 Å². The summed E-state index contributed by atoms with van der Waals surface area (Å²) in [7, 11) is 3.24. The summed E-state index contributed by atoms with van der Waals surface area (Å²) in [6, 6.07) is 7.60. The zero-order valence-corrected chi connectivity index (χ0v) is 16.8. The molecular weight excluding hydrogens is 358 g/mol. The van der Waals surface area contributed by atoms with Gasteiger partial charge >= 0.3 is 0 Å². The van der Waals surface area contributed by atoms with Crippen LogP contribution >= 0.6 is 0 Å². The van der Waals surface area contributed by atoms with Crippen molar-refractivity contribution in [3.63, 3.8) is 0 Å². The fourth-order valence-corrected chi connectivity index (χ4v) is 3.77. The highest BCUT2D eigenvalue weighted by Crippen LogP contribution is 2.27. The van der Waals surface area contributed by atoms with Crippen molar-refractivity contribution in [2.45, 2.75) is 19.8 Å². The van der Waals surface area contributed by atoms with Gasteiger partial charge in [0.1, 0.15) is 11.4 Å². The molecule has 2 amide bonds. The lowest BCUT2D eigenvalue weighted by Crippen LogP contribution is -2.43. The summed E-state index contributed by atoms with van der Waals surface area (Å²) in [4.78, 5) is 30.2. The van der Waals surface area contributed by atoms with Gasteiger partial charge in [0.25, 0.3) is 5.91 Å². The topological polar surface area (TPSA) is 83.7 Å². The van der Waals surface area contributed by atoms with Crippen LogP contribution in [0.15, 0.2) is 24.3 Å². The Morgan fingerprint density at radius 3 is 2.68 bits per heavy atom. The summed E-state index contributed by atoms with van der Waals surface area (Å²) in [5.41, 5.74) is 1.48. The Morgan fingerprint density at radius 1 is 1.25 bits per heavy atom. The van der Waals surface area contributed by atoms with Gasteiger partial charge in [-0.2, -0.15) is 0 Å². The van der Waals surface area contributed by atoms with E-state index in [0.717, 1.165) is 29.5 Å². The number of aromatic amines is 1. The summed E-state index contributed by atoms with van der Waals surface area (Å²) in [6.07, 6.45) is 1.66. The molecule has 0 saturated carbocycles. The van der Waals surface area contributed by atoms with Gasteiger partial charge in [-0.25, -0.2) is 0 Å².